The summed E-state index contributed by atoms with van der Waals surface area (Å²) in [4.78, 5) is 0. The molecule has 5 nitrogen and oxygen atoms in total. The Bertz CT molecular complexity index is 524. The number of rotatable bonds is 10. The Morgan fingerprint density at radius 3 is 2.48 bits per heavy atom. The molecule has 1 unspecified atom stereocenters. The first-order valence-corrected chi connectivity index (χ1v) is 7.88. The van der Waals surface area contributed by atoms with Gasteiger partial charge < -0.3 is 19.3 Å². The van der Waals surface area contributed by atoms with E-state index in [-0.39, 0.29) is 12.5 Å². The minimum atomic E-state index is -0.652. The molecule has 1 N–H and O–H groups in total. The quantitative estimate of drug-likeness (QED) is 0.671. The second-order valence-electron chi connectivity index (χ2n) is 5.77. The lowest BCUT2D eigenvalue weighted by Gasteiger charge is -2.31. The molecule has 0 aliphatic heterocycles. The van der Waals surface area contributed by atoms with E-state index in [0.29, 0.717) is 37.6 Å². The van der Waals surface area contributed by atoms with Crippen LogP contribution in [0.5, 0.6) is 11.5 Å². The van der Waals surface area contributed by atoms with Crippen molar-refractivity contribution in [2.75, 3.05) is 34.0 Å². The molecule has 0 amide bonds. The van der Waals surface area contributed by atoms with E-state index in [9.17, 15) is 5.26 Å². The van der Waals surface area contributed by atoms with Crippen LogP contribution in [-0.4, -0.2) is 39.1 Å². The smallest absolute Gasteiger partial charge is 0.161 e. The van der Waals surface area contributed by atoms with Gasteiger partial charge in [0.1, 0.15) is 6.61 Å². The zero-order valence-corrected chi connectivity index (χ0v) is 14.5. The van der Waals surface area contributed by atoms with E-state index in [1.54, 1.807) is 14.2 Å². The third-order valence-corrected chi connectivity index (χ3v) is 4.14. The van der Waals surface area contributed by atoms with Crippen molar-refractivity contribution < 1.29 is 19.3 Å². The molecule has 128 valence electrons. The van der Waals surface area contributed by atoms with Crippen molar-refractivity contribution in [3.05, 3.63) is 23.8 Å². The molecule has 0 bridgehead atoms. The SMILES string of the molecule is COCCOc1ccc(C(C#N)(CCCO)C(C)C)cc1OC. The molecule has 5 heteroatoms. The van der Waals surface area contributed by atoms with Crippen LogP contribution in [0.2, 0.25) is 0 Å². The first kappa shape index (κ1) is 19.3. The summed E-state index contributed by atoms with van der Waals surface area (Å²) in [6, 6.07) is 8.06. The van der Waals surface area contributed by atoms with E-state index in [1.807, 2.05) is 32.0 Å². The van der Waals surface area contributed by atoms with Gasteiger partial charge in [-0.05, 0) is 36.5 Å². The van der Waals surface area contributed by atoms with E-state index in [1.165, 1.54) is 0 Å². The predicted octanol–water partition coefficient (Wildman–Crippen LogP) is 2.91. The standard InChI is InChI=1S/C18H27NO4/c1-14(2)18(13-19,8-5-9-20)15-6-7-16(17(12-15)22-4)23-11-10-21-3/h6-7,12,14,20H,5,8-11H2,1-4H3. The first-order valence-electron chi connectivity index (χ1n) is 7.88. The van der Waals surface area contributed by atoms with Crippen LogP contribution in [0.15, 0.2) is 18.2 Å². The van der Waals surface area contributed by atoms with Crippen molar-refractivity contribution >= 4 is 0 Å². The largest absolute Gasteiger partial charge is 0.493 e. The first-order chi connectivity index (χ1) is 11.1. The molecule has 1 atom stereocenters. The van der Waals surface area contributed by atoms with E-state index in [2.05, 4.69) is 6.07 Å². The number of methoxy groups -OCH3 is 2. The molecule has 0 heterocycles. The van der Waals surface area contributed by atoms with Gasteiger partial charge >= 0.3 is 0 Å². The molecule has 1 aromatic rings. The Kier molecular flexibility index (Phi) is 7.87. The van der Waals surface area contributed by atoms with Gasteiger partial charge in [-0.3, -0.25) is 0 Å². The minimum Gasteiger partial charge on any atom is -0.493 e. The Morgan fingerprint density at radius 2 is 1.96 bits per heavy atom. The summed E-state index contributed by atoms with van der Waals surface area (Å²) in [5, 5.41) is 19.0. The lowest BCUT2D eigenvalue weighted by molar-refractivity contribution is 0.144. The number of aliphatic hydroxyl groups excluding tert-OH is 1. The lowest BCUT2D eigenvalue weighted by atomic mass is 9.70. The summed E-state index contributed by atoms with van der Waals surface area (Å²) >= 11 is 0. The van der Waals surface area contributed by atoms with Crippen molar-refractivity contribution in [3.8, 4) is 17.6 Å². The summed E-state index contributed by atoms with van der Waals surface area (Å²) in [6.07, 6.45) is 1.19. The Hall–Kier alpha value is -1.77. The Labute approximate surface area is 138 Å². The molecule has 0 radical (unpaired) electrons. The monoisotopic (exact) mass is 321 g/mol. The molecular weight excluding hydrogens is 294 g/mol. The van der Waals surface area contributed by atoms with Crippen LogP contribution >= 0.6 is 0 Å². The molecule has 0 saturated heterocycles. The summed E-state index contributed by atoms with van der Waals surface area (Å²) < 4.78 is 16.0. The molecule has 0 aliphatic rings. The van der Waals surface area contributed by atoms with Gasteiger partial charge in [-0.25, -0.2) is 0 Å². The molecule has 0 saturated carbocycles. The van der Waals surface area contributed by atoms with Crippen LogP contribution in [0.25, 0.3) is 0 Å². The number of aliphatic hydroxyl groups is 1. The second kappa shape index (κ2) is 9.39. The summed E-state index contributed by atoms with van der Waals surface area (Å²) in [6.45, 7) is 5.05. The van der Waals surface area contributed by atoms with Crippen molar-refractivity contribution in [3.63, 3.8) is 0 Å². The maximum absolute atomic E-state index is 9.81. The van der Waals surface area contributed by atoms with Gasteiger partial charge in [0.25, 0.3) is 0 Å². The number of ether oxygens (including phenoxy) is 3. The van der Waals surface area contributed by atoms with Crippen LogP contribution in [-0.2, 0) is 10.2 Å². The molecular formula is C18H27NO4. The highest BCUT2D eigenvalue weighted by Crippen LogP contribution is 2.40. The van der Waals surface area contributed by atoms with Gasteiger partial charge in [0.05, 0.1) is 25.2 Å². The number of hydrogen-bond donors (Lipinski definition) is 1. The topological polar surface area (TPSA) is 71.7 Å². The minimum absolute atomic E-state index is 0.0749. The normalized spacial score (nSPS) is 13.4. The lowest BCUT2D eigenvalue weighted by Crippen LogP contribution is -2.31. The predicted molar refractivity (Wildman–Crippen MR) is 88.8 cm³/mol. The fourth-order valence-corrected chi connectivity index (χ4v) is 2.67. The molecule has 0 aromatic heterocycles. The molecule has 0 spiro atoms. The average Bonchev–Trinajstić information content (AvgIpc) is 2.56. The van der Waals surface area contributed by atoms with Crippen molar-refractivity contribution in [2.24, 2.45) is 5.92 Å². The van der Waals surface area contributed by atoms with E-state index in [0.717, 1.165) is 5.56 Å². The number of nitriles is 1. The highest BCUT2D eigenvalue weighted by Gasteiger charge is 2.36. The van der Waals surface area contributed by atoms with Crippen molar-refractivity contribution in [1.29, 1.82) is 5.26 Å². The maximum Gasteiger partial charge on any atom is 0.161 e. The summed E-state index contributed by atoms with van der Waals surface area (Å²) in [7, 11) is 3.20. The van der Waals surface area contributed by atoms with Crippen molar-refractivity contribution in [2.45, 2.75) is 32.1 Å². The van der Waals surface area contributed by atoms with Gasteiger partial charge in [0.2, 0.25) is 0 Å². The van der Waals surface area contributed by atoms with Crippen LogP contribution in [0.4, 0.5) is 0 Å². The van der Waals surface area contributed by atoms with Crippen LogP contribution < -0.4 is 9.47 Å². The van der Waals surface area contributed by atoms with Crippen LogP contribution in [0, 0.1) is 17.2 Å². The number of nitrogens with zero attached hydrogens (tertiary/aromatic N) is 1. The Balaban J connectivity index is 3.16. The zero-order chi connectivity index (χ0) is 17.3. The summed E-state index contributed by atoms with van der Waals surface area (Å²) in [5.74, 6) is 1.35. The number of benzene rings is 1. The van der Waals surface area contributed by atoms with Crippen LogP contribution in [0.1, 0.15) is 32.3 Å². The fourth-order valence-electron chi connectivity index (χ4n) is 2.67. The highest BCUT2D eigenvalue weighted by atomic mass is 16.5. The van der Waals surface area contributed by atoms with Gasteiger partial charge in [0.15, 0.2) is 11.5 Å². The zero-order valence-electron chi connectivity index (χ0n) is 14.5. The molecule has 1 rings (SSSR count). The van der Waals surface area contributed by atoms with Crippen molar-refractivity contribution in [1.82, 2.24) is 0 Å². The highest BCUT2D eigenvalue weighted by molar-refractivity contribution is 5.47. The third kappa shape index (κ3) is 4.60. The Morgan fingerprint density at radius 1 is 1.22 bits per heavy atom. The van der Waals surface area contributed by atoms with Gasteiger partial charge in [-0.2, -0.15) is 5.26 Å². The molecule has 0 fully saturated rings. The van der Waals surface area contributed by atoms with E-state index in [4.69, 9.17) is 19.3 Å². The average molecular weight is 321 g/mol. The van der Waals surface area contributed by atoms with Gasteiger partial charge in [0, 0.05) is 13.7 Å². The summed E-state index contributed by atoms with van der Waals surface area (Å²) in [5.41, 5.74) is 0.237. The second-order valence-corrected chi connectivity index (χ2v) is 5.77. The van der Waals surface area contributed by atoms with E-state index < -0.39 is 5.41 Å². The molecule has 23 heavy (non-hydrogen) atoms. The number of hydrogen-bond acceptors (Lipinski definition) is 5. The maximum atomic E-state index is 9.81. The van der Waals surface area contributed by atoms with Crippen LogP contribution in [0.3, 0.4) is 0 Å². The fraction of sp³-hybridized carbons (Fsp3) is 0.611. The van der Waals surface area contributed by atoms with E-state index >= 15 is 0 Å². The molecule has 0 aliphatic carbocycles. The molecule has 1 aromatic carbocycles. The van der Waals surface area contributed by atoms with Gasteiger partial charge in [-0.15, -0.1) is 0 Å². The third-order valence-electron chi connectivity index (χ3n) is 4.14. The van der Waals surface area contributed by atoms with Gasteiger partial charge in [-0.1, -0.05) is 19.9 Å².